The van der Waals surface area contributed by atoms with Crippen LogP contribution in [0.25, 0.3) is 0 Å². The molecule has 0 saturated carbocycles. The van der Waals surface area contributed by atoms with E-state index in [-0.39, 0.29) is 5.75 Å². The van der Waals surface area contributed by atoms with Gasteiger partial charge in [0.05, 0.1) is 13.2 Å². The zero-order chi connectivity index (χ0) is 17.3. The van der Waals surface area contributed by atoms with Crippen molar-refractivity contribution in [3.05, 3.63) is 59.7 Å². The molecule has 3 unspecified atom stereocenters. The van der Waals surface area contributed by atoms with E-state index in [4.69, 9.17) is 4.74 Å². The van der Waals surface area contributed by atoms with Gasteiger partial charge in [-0.05, 0) is 11.6 Å². The lowest BCUT2D eigenvalue weighted by molar-refractivity contribution is -0.156. The van der Waals surface area contributed by atoms with Crippen molar-refractivity contribution >= 4 is 0 Å². The summed E-state index contributed by atoms with van der Waals surface area (Å²) in [6, 6.07) is 10.6. The number of phenols is 1. The van der Waals surface area contributed by atoms with E-state index in [9.17, 15) is 18.3 Å². The highest BCUT2D eigenvalue weighted by Gasteiger charge is 2.52. The first-order valence-electron chi connectivity index (χ1n) is 7.41. The van der Waals surface area contributed by atoms with Crippen LogP contribution in [0.4, 0.5) is 13.2 Å². The summed E-state index contributed by atoms with van der Waals surface area (Å²) in [5, 5.41) is 10.2. The highest BCUT2D eigenvalue weighted by Crippen LogP contribution is 2.45. The lowest BCUT2D eigenvalue weighted by Crippen LogP contribution is -2.43. The van der Waals surface area contributed by atoms with Gasteiger partial charge in [0.2, 0.25) is 0 Å². The maximum atomic E-state index is 13.4. The second-order valence-corrected chi connectivity index (χ2v) is 5.65. The Balaban J connectivity index is 2.03. The number of halogens is 3. The van der Waals surface area contributed by atoms with Gasteiger partial charge in [0, 0.05) is 17.5 Å². The fraction of sp³-hybridized carbons (Fsp3) is 0.294. The van der Waals surface area contributed by atoms with Crippen molar-refractivity contribution < 1.29 is 23.0 Å². The summed E-state index contributed by atoms with van der Waals surface area (Å²) in [4.78, 5) is 0. The van der Waals surface area contributed by atoms with Gasteiger partial charge in [0.1, 0.15) is 17.5 Å². The number of phenolic OH excluding ortho intramolecular Hbond substituents is 1. The number of hydrogen-bond donors (Lipinski definition) is 3. The number of aromatic hydroxyl groups is 1. The molecule has 3 N–H and O–H groups in total. The fourth-order valence-electron chi connectivity index (χ4n) is 3.08. The topological polar surface area (TPSA) is 53.5 Å². The quantitative estimate of drug-likeness (QED) is 0.804. The predicted octanol–water partition coefficient (Wildman–Crippen LogP) is 3.26. The van der Waals surface area contributed by atoms with Crippen molar-refractivity contribution in [3.63, 3.8) is 0 Å². The first-order valence-corrected chi connectivity index (χ1v) is 7.41. The third-order valence-corrected chi connectivity index (χ3v) is 4.22. The average Bonchev–Trinajstić information content (AvgIpc) is 3.00. The van der Waals surface area contributed by atoms with Gasteiger partial charge in [0.15, 0.2) is 0 Å². The summed E-state index contributed by atoms with van der Waals surface area (Å²) >= 11 is 0. The zero-order valence-corrected chi connectivity index (χ0v) is 12.8. The molecule has 0 amide bonds. The van der Waals surface area contributed by atoms with Crippen molar-refractivity contribution in [2.24, 2.45) is 0 Å². The molecule has 128 valence electrons. The minimum atomic E-state index is -4.43. The Hall–Kier alpha value is -2.25. The summed E-state index contributed by atoms with van der Waals surface area (Å²) < 4.78 is 45.3. The van der Waals surface area contributed by atoms with Gasteiger partial charge in [-0.15, -0.1) is 0 Å². The Morgan fingerprint density at radius 2 is 1.75 bits per heavy atom. The number of rotatable bonds is 3. The molecule has 1 fully saturated rings. The van der Waals surface area contributed by atoms with Crippen LogP contribution in [0.2, 0.25) is 0 Å². The molecular weight excluding hydrogens is 321 g/mol. The predicted molar refractivity (Wildman–Crippen MR) is 82.7 cm³/mol. The number of ether oxygens (including phenoxy) is 1. The Bertz CT molecular complexity index is 707. The van der Waals surface area contributed by atoms with Gasteiger partial charge in [0.25, 0.3) is 0 Å². The number of alkyl halides is 3. The molecule has 2 aromatic rings. The van der Waals surface area contributed by atoms with Gasteiger partial charge >= 0.3 is 6.18 Å². The van der Waals surface area contributed by atoms with E-state index in [1.165, 1.54) is 13.2 Å². The highest BCUT2D eigenvalue weighted by atomic mass is 19.4. The van der Waals surface area contributed by atoms with E-state index in [1.807, 2.05) is 0 Å². The van der Waals surface area contributed by atoms with E-state index in [0.29, 0.717) is 16.9 Å². The molecule has 0 aliphatic carbocycles. The molecule has 1 aliphatic heterocycles. The third kappa shape index (κ3) is 3.05. The van der Waals surface area contributed by atoms with E-state index in [2.05, 4.69) is 10.9 Å². The van der Waals surface area contributed by atoms with Crippen LogP contribution in [0.1, 0.15) is 23.1 Å². The Morgan fingerprint density at radius 3 is 2.33 bits per heavy atom. The monoisotopic (exact) mass is 338 g/mol. The molecule has 0 radical (unpaired) electrons. The third-order valence-electron chi connectivity index (χ3n) is 4.22. The molecule has 2 aromatic carbocycles. The van der Waals surface area contributed by atoms with Crippen LogP contribution in [0.3, 0.4) is 0 Å². The smallest absolute Gasteiger partial charge is 0.405 e. The van der Waals surface area contributed by atoms with E-state index >= 15 is 0 Å². The Morgan fingerprint density at radius 1 is 1.04 bits per heavy atom. The van der Waals surface area contributed by atoms with Crippen LogP contribution < -0.4 is 15.6 Å². The van der Waals surface area contributed by atoms with Crippen LogP contribution in [-0.2, 0) is 0 Å². The van der Waals surface area contributed by atoms with E-state index < -0.39 is 24.2 Å². The van der Waals surface area contributed by atoms with Crippen molar-refractivity contribution in [1.29, 1.82) is 0 Å². The molecule has 24 heavy (non-hydrogen) atoms. The van der Waals surface area contributed by atoms with E-state index in [0.717, 1.165) is 0 Å². The first kappa shape index (κ1) is 16.6. The van der Waals surface area contributed by atoms with Gasteiger partial charge < -0.3 is 9.84 Å². The number of methoxy groups -OCH3 is 1. The lowest BCUT2D eigenvalue weighted by Gasteiger charge is -2.25. The summed E-state index contributed by atoms with van der Waals surface area (Å²) in [6.07, 6.45) is -4.43. The van der Waals surface area contributed by atoms with Crippen molar-refractivity contribution in [3.8, 4) is 11.5 Å². The molecule has 0 spiro atoms. The number of benzene rings is 2. The second-order valence-electron chi connectivity index (χ2n) is 5.65. The molecular formula is C17H17F3N2O2. The van der Waals surface area contributed by atoms with Crippen molar-refractivity contribution in [2.45, 2.75) is 24.2 Å². The molecule has 3 atom stereocenters. The lowest BCUT2D eigenvalue weighted by atomic mass is 9.83. The van der Waals surface area contributed by atoms with Crippen molar-refractivity contribution in [2.75, 3.05) is 7.11 Å². The van der Waals surface area contributed by atoms with Gasteiger partial charge in [-0.3, -0.25) is 0 Å². The van der Waals surface area contributed by atoms with Crippen LogP contribution >= 0.6 is 0 Å². The minimum absolute atomic E-state index is 0.114. The maximum absolute atomic E-state index is 13.4. The summed E-state index contributed by atoms with van der Waals surface area (Å²) in [5.41, 5.74) is 5.94. The number of nitrogens with one attached hydrogen (secondary N) is 2. The fourth-order valence-corrected chi connectivity index (χ4v) is 3.08. The molecule has 1 heterocycles. The van der Waals surface area contributed by atoms with Crippen LogP contribution in [0.5, 0.6) is 11.5 Å². The average molecular weight is 338 g/mol. The largest absolute Gasteiger partial charge is 0.507 e. The number of hydrogen-bond acceptors (Lipinski definition) is 4. The molecule has 7 heteroatoms. The molecule has 4 nitrogen and oxygen atoms in total. The summed E-state index contributed by atoms with van der Waals surface area (Å²) in [5.74, 6) is -0.589. The van der Waals surface area contributed by atoms with E-state index in [1.54, 1.807) is 42.5 Å². The highest BCUT2D eigenvalue weighted by molar-refractivity contribution is 5.44. The normalized spacial score (nSPS) is 24.1. The minimum Gasteiger partial charge on any atom is -0.507 e. The SMILES string of the molecule is COc1ccc(C2NNC(C(F)(F)F)C2c2ccccc2)c(O)c1. The standard InChI is InChI=1S/C17H17F3N2O2/c1-24-11-7-8-12(13(23)9-11)15-14(10-5-3-2-4-6-10)16(22-21-15)17(18,19)20/h2-9,14-16,21-23H,1H3. The van der Waals surface area contributed by atoms with Gasteiger partial charge in [-0.1, -0.05) is 36.4 Å². The molecule has 0 bridgehead atoms. The maximum Gasteiger partial charge on any atom is 0.405 e. The number of hydrazine groups is 1. The van der Waals surface area contributed by atoms with Crippen LogP contribution in [0.15, 0.2) is 48.5 Å². The summed E-state index contributed by atoms with van der Waals surface area (Å²) in [6.45, 7) is 0. The molecule has 1 saturated heterocycles. The van der Waals surface area contributed by atoms with Gasteiger partial charge in [-0.25, -0.2) is 10.9 Å². The molecule has 1 aliphatic rings. The zero-order valence-electron chi connectivity index (χ0n) is 12.8. The van der Waals surface area contributed by atoms with Gasteiger partial charge in [-0.2, -0.15) is 13.2 Å². The Labute approximate surface area is 137 Å². The second kappa shape index (κ2) is 6.33. The van der Waals surface area contributed by atoms with Crippen molar-refractivity contribution in [1.82, 2.24) is 10.9 Å². The van der Waals surface area contributed by atoms with Crippen LogP contribution in [-0.4, -0.2) is 24.4 Å². The summed E-state index contributed by atoms with van der Waals surface area (Å²) in [7, 11) is 1.45. The Kier molecular flexibility index (Phi) is 4.38. The first-order chi connectivity index (χ1) is 11.4. The molecule has 0 aromatic heterocycles. The molecule has 3 rings (SSSR count). The van der Waals surface area contributed by atoms with Crippen LogP contribution in [0, 0.1) is 0 Å².